The molecular weight excluding hydrogens is 803 g/mol. The largest absolute Gasteiger partial charge is 0.497 e. The van der Waals surface area contributed by atoms with Crippen molar-refractivity contribution in [2.24, 2.45) is 29.1 Å². The molecule has 3 aliphatic carbocycles. The van der Waals surface area contributed by atoms with Gasteiger partial charge < -0.3 is 29.7 Å². The van der Waals surface area contributed by atoms with Crippen LogP contribution >= 0.6 is 0 Å². The lowest BCUT2D eigenvalue weighted by atomic mass is 9.85. The summed E-state index contributed by atoms with van der Waals surface area (Å²) in [5.41, 5.74) is -1.45. The summed E-state index contributed by atoms with van der Waals surface area (Å²) >= 11 is 0. The molecule has 3 heterocycles. The van der Waals surface area contributed by atoms with Crippen LogP contribution < -0.4 is 24.8 Å². The highest BCUT2D eigenvalue weighted by Crippen LogP contribution is 2.50. The number of alkyl carbamates (subject to hydrolysis) is 1. The van der Waals surface area contributed by atoms with Crippen molar-refractivity contribution in [2.45, 2.75) is 147 Å². The van der Waals surface area contributed by atoms with Crippen molar-refractivity contribution in [2.75, 3.05) is 13.7 Å². The van der Waals surface area contributed by atoms with Crippen LogP contribution in [0.4, 0.5) is 13.6 Å². The van der Waals surface area contributed by atoms with Gasteiger partial charge in [0.25, 0.3) is 5.91 Å². The van der Waals surface area contributed by atoms with Gasteiger partial charge in [-0.1, -0.05) is 47.5 Å². The molecule has 0 spiro atoms. The van der Waals surface area contributed by atoms with Crippen molar-refractivity contribution < 1.29 is 50.6 Å². The van der Waals surface area contributed by atoms with Gasteiger partial charge in [0.15, 0.2) is 0 Å². The third-order valence-corrected chi connectivity index (χ3v) is 15.1. The minimum absolute atomic E-state index is 0.0751. The molecule has 0 radical (unpaired) electrons. The number of hydrogen-bond donors (Lipinski definition) is 3. The lowest BCUT2D eigenvalue weighted by Crippen LogP contribution is -2.61. The monoisotopic (exact) mass is 860 g/mol. The van der Waals surface area contributed by atoms with Crippen LogP contribution in [0.1, 0.15) is 105 Å². The maximum absolute atomic E-state index is 15.0. The number of ether oxygens (including phenoxy) is 3. The SMILES string of the molecule is COc1ccc2nc3c(nc2c1)O[C@H]1CN(C(=O)[C@H](C(C)(C)C)NC(=O)O[C@@H]2CC2CCCCC3)[C@H](C(=O)N[C@]2(C(=O)NS(=O)(=O)C3(C)CC3)C[C@H]2C(F)F)[C@@H]1CC(C)C. The number of sulfonamides is 1. The molecule has 2 bridgehead atoms. The number of amides is 4. The molecule has 15 nitrogen and oxygen atoms in total. The van der Waals surface area contributed by atoms with Crippen molar-refractivity contribution in [3.8, 4) is 11.6 Å². The molecule has 8 atom stereocenters. The molecule has 4 fully saturated rings. The number of alkyl halides is 2. The van der Waals surface area contributed by atoms with E-state index in [1.807, 2.05) is 24.6 Å². The molecule has 7 rings (SSSR count). The van der Waals surface area contributed by atoms with Crippen LogP contribution in [0.5, 0.6) is 11.6 Å². The summed E-state index contributed by atoms with van der Waals surface area (Å²) < 4.78 is 74.0. The third kappa shape index (κ3) is 8.85. The van der Waals surface area contributed by atoms with Gasteiger partial charge in [-0.15, -0.1) is 0 Å². The fourth-order valence-electron chi connectivity index (χ4n) is 8.75. The van der Waals surface area contributed by atoms with Crippen molar-refractivity contribution in [1.29, 1.82) is 0 Å². The number of halogens is 2. The van der Waals surface area contributed by atoms with Crippen LogP contribution in [-0.4, -0.2) is 102 Å². The van der Waals surface area contributed by atoms with Crippen molar-refractivity contribution in [3.63, 3.8) is 0 Å². The first-order chi connectivity index (χ1) is 28.2. The molecule has 3 saturated carbocycles. The number of nitrogens with one attached hydrogen (secondary N) is 3. The zero-order valence-electron chi connectivity index (χ0n) is 35.4. The van der Waals surface area contributed by atoms with Gasteiger partial charge in [-0.25, -0.2) is 32.0 Å². The highest BCUT2D eigenvalue weighted by molar-refractivity contribution is 7.91. The number of aryl methyl sites for hydroxylation is 1. The molecule has 1 saturated heterocycles. The van der Waals surface area contributed by atoms with E-state index in [0.29, 0.717) is 54.6 Å². The van der Waals surface area contributed by atoms with Crippen LogP contribution in [0, 0.1) is 29.1 Å². The molecule has 1 unspecified atom stereocenters. The number of fused-ring (bicyclic) bond motifs is 5. The molecule has 2 aliphatic heterocycles. The Morgan fingerprint density at radius 3 is 2.43 bits per heavy atom. The molecule has 1 aromatic heterocycles. The van der Waals surface area contributed by atoms with E-state index >= 15 is 4.79 Å². The average Bonchev–Trinajstić information content (AvgIpc) is 4.11. The topological polar surface area (TPSA) is 195 Å². The first kappa shape index (κ1) is 43.7. The molecule has 4 amide bonds. The highest BCUT2D eigenvalue weighted by atomic mass is 32.2. The number of hydrogen-bond acceptors (Lipinski definition) is 11. The second-order valence-electron chi connectivity index (χ2n) is 19.2. The predicted octanol–water partition coefficient (Wildman–Crippen LogP) is 5.04. The van der Waals surface area contributed by atoms with Gasteiger partial charge in [0.05, 0.1) is 35.4 Å². The smallest absolute Gasteiger partial charge is 0.408 e. The van der Waals surface area contributed by atoms with E-state index < -0.39 is 92.4 Å². The van der Waals surface area contributed by atoms with E-state index in [1.54, 1.807) is 40.0 Å². The normalized spacial score (nSPS) is 30.5. The Kier molecular flexibility index (Phi) is 11.8. The van der Waals surface area contributed by atoms with E-state index in [-0.39, 0.29) is 30.4 Å². The van der Waals surface area contributed by atoms with Crippen molar-refractivity contribution in [1.82, 2.24) is 30.2 Å². The minimum atomic E-state index is -4.25. The van der Waals surface area contributed by atoms with Crippen LogP contribution in [0.25, 0.3) is 11.0 Å². The van der Waals surface area contributed by atoms with Gasteiger partial charge in [-0.05, 0) is 87.7 Å². The van der Waals surface area contributed by atoms with Crippen LogP contribution in [0.2, 0.25) is 0 Å². The lowest BCUT2D eigenvalue weighted by Gasteiger charge is -2.36. The fraction of sp³-hybridized carbons (Fsp3) is 0.714. The Balaban J connectivity index is 1.30. The Morgan fingerprint density at radius 1 is 1.07 bits per heavy atom. The summed E-state index contributed by atoms with van der Waals surface area (Å²) in [6.07, 6.45) is 0.00403. The van der Waals surface area contributed by atoms with Crippen LogP contribution in [0.15, 0.2) is 18.2 Å². The lowest BCUT2D eigenvalue weighted by molar-refractivity contribution is -0.144. The van der Waals surface area contributed by atoms with E-state index in [1.165, 1.54) is 11.8 Å². The van der Waals surface area contributed by atoms with Gasteiger partial charge in [0, 0.05) is 12.0 Å². The predicted molar refractivity (Wildman–Crippen MR) is 216 cm³/mol. The van der Waals surface area contributed by atoms with Crippen LogP contribution in [0.3, 0.4) is 0 Å². The second kappa shape index (κ2) is 16.2. The summed E-state index contributed by atoms with van der Waals surface area (Å²) in [6.45, 7) is 10.4. The maximum Gasteiger partial charge on any atom is 0.408 e. The molecule has 2 aromatic rings. The Labute approximate surface area is 349 Å². The molecule has 1 aromatic carbocycles. The third-order valence-electron chi connectivity index (χ3n) is 12.9. The second-order valence-corrected chi connectivity index (χ2v) is 21.4. The van der Waals surface area contributed by atoms with Gasteiger partial charge >= 0.3 is 6.09 Å². The van der Waals surface area contributed by atoms with E-state index in [0.717, 1.165) is 25.7 Å². The Bertz CT molecular complexity index is 2130. The zero-order chi connectivity index (χ0) is 43.5. The van der Waals surface area contributed by atoms with E-state index in [2.05, 4.69) is 10.6 Å². The fourth-order valence-corrected chi connectivity index (χ4v) is 10.1. The number of carbonyl (C=O) groups excluding carboxylic acids is 4. The average molecular weight is 861 g/mol. The number of benzene rings is 1. The number of rotatable bonds is 9. The van der Waals surface area contributed by atoms with Crippen LogP contribution in [-0.2, 0) is 35.6 Å². The molecule has 18 heteroatoms. The van der Waals surface area contributed by atoms with Gasteiger partial charge in [0.1, 0.15) is 41.3 Å². The van der Waals surface area contributed by atoms with E-state index in [9.17, 15) is 31.6 Å². The maximum atomic E-state index is 15.0. The Hall–Kier alpha value is -4.35. The standard InChI is InChI=1S/C42H58F2N6O9S/c1-22(2)17-25-31-21-50(32(25)35(51)48-42(20-26(42)34(43)44)38(53)49-60(55,56)41(6)15-16-41)37(52)33(40(3,4)5)47-39(54)59-30-18-23(30)11-9-8-10-12-28-36(58-31)46-29-19-24(57-7)13-14-27(29)45-28/h13-14,19,22-23,25-26,30-34H,8-12,15-18,20-21H2,1-7H3,(H,47,54)(H,48,51)(H,49,53)/t23?,25-,26+,30-,31+,32+,33-,42-/m1/s1. The van der Waals surface area contributed by atoms with Crippen molar-refractivity contribution >= 4 is 44.9 Å². The Morgan fingerprint density at radius 2 is 1.80 bits per heavy atom. The number of nitrogens with zero attached hydrogens (tertiary/aromatic N) is 3. The highest BCUT2D eigenvalue weighted by Gasteiger charge is 2.68. The summed E-state index contributed by atoms with van der Waals surface area (Å²) in [5.74, 6) is -4.39. The quantitative estimate of drug-likeness (QED) is 0.306. The summed E-state index contributed by atoms with van der Waals surface area (Å²) in [6, 6.07) is 2.72. The summed E-state index contributed by atoms with van der Waals surface area (Å²) in [4.78, 5) is 68.3. The number of aromatic nitrogens is 2. The summed E-state index contributed by atoms with van der Waals surface area (Å²) in [7, 11) is -2.71. The zero-order valence-corrected chi connectivity index (χ0v) is 36.2. The molecule has 60 heavy (non-hydrogen) atoms. The van der Waals surface area contributed by atoms with Gasteiger partial charge in [-0.2, -0.15) is 0 Å². The van der Waals surface area contributed by atoms with Gasteiger partial charge in [0.2, 0.25) is 34.1 Å². The van der Waals surface area contributed by atoms with E-state index in [4.69, 9.17) is 24.2 Å². The minimum Gasteiger partial charge on any atom is -0.497 e. The first-order valence-corrected chi connectivity index (χ1v) is 22.6. The molecule has 3 N–H and O–H groups in total. The van der Waals surface area contributed by atoms with Gasteiger partial charge in [-0.3, -0.25) is 19.1 Å². The molecular formula is C42H58F2N6O9S. The molecule has 330 valence electrons. The van der Waals surface area contributed by atoms with Crippen molar-refractivity contribution in [3.05, 3.63) is 23.9 Å². The first-order valence-electron chi connectivity index (χ1n) is 21.1. The molecule has 5 aliphatic rings. The number of carbonyl (C=O) groups is 4. The number of methoxy groups -OCH3 is 1. The summed E-state index contributed by atoms with van der Waals surface area (Å²) in [5, 5.41) is 5.32.